The number of hydrogen-bond donors (Lipinski definition) is 1. The Hall–Kier alpha value is -2.45. The second kappa shape index (κ2) is 8.29. The van der Waals surface area contributed by atoms with Crippen LogP contribution in [0.2, 0.25) is 5.02 Å². The van der Waals surface area contributed by atoms with Crippen LogP contribution in [-0.4, -0.2) is 40.3 Å². The molecule has 0 spiro atoms. The van der Waals surface area contributed by atoms with E-state index < -0.39 is 16.0 Å². The zero-order chi connectivity index (χ0) is 19.3. The summed E-state index contributed by atoms with van der Waals surface area (Å²) in [5, 5.41) is 9.40. The van der Waals surface area contributed by atoms with Crippen molar-refractivity contribution in [2.45, 2.75) is 11.3 Å². The first kappa shape index (κ1) is 19.9. The van der Waals surface area contributed by atoms with E-state index in [2.05, 4.69) is 0 Å². The number of nitrogens with zero attached hydrogens (tertiary/aromatic N) is 1. The number of anilines is 1. The van der Waals surface area contributed by atoms with Crippen LogP contribution < -0.4 is 13.8 Å². The normalized spacial score (nSPS) is 11.0. The van der Waals surface area contributed by atoms with Crippen molar-refractivity contribution < 1.29 is 27.8 Å². The van der Waals surface area contributed by atoms with Crippen molar-refractivity contribution in [2.75, 3.05) is 25.1 Å². The molecule has 0 bridgehead atoms. The van der Waals surface area contributed by atoms with Crippen LogP contribution in [0, 0.1) is 0 Å². The minimum absolute atomic E-state index is 0.0165. The highest BCUT2D eigenvalue weighted by atomic mass is 35.5. The van der Waals surface area contributed by atoms with E-state index in [1.807, 2.05) is 0 Å². The van der Waals surface area contributed by atoms with Crippen LogP contribution in [0.1, 0.15) is 6.42 Å². The van der Waals surface area contributed by atoms with Crippen LogP contribution >= 0.6 is 11.6 Å². The Morgan fingerprint density at radius 3 is 2.31 bits per heavy atom. The van der Waals surface area contributed by atoms with E-state index in [0.29, 0.717) is 10.8 Å². The number of carbonyl (C=O) groups is 1. The molecule has 0 saturated carbocycles. The Morgan fingerprint density at radius 1 is 1.12 bits per heavy atom. The van der Waals surface area contributed by atoms with E-state index in [4.69, 9.17) is 26.2 Å². The second-order valence-corrected chi connectivity index (χ2v) is 7.51. The Kier molecular flexibility index (Phi) is 6.33. The Morgan fingerprint density at radius 2 is 1.77 bits per heavy atom. The van der Waals surface area contributed by atoms with Gasteiger partial charge in [0.1, 0.15) is 11.5 Å². The average molecular weight is 400 g/mol. The van der Waals surface area contributed by atoms with E-state index >= 15 is 0 Å². The molecule has 0 saturated heterocycles. The van der Waals surface area contributed by atoms with E-state index in [1.54, 1.807) is 12.1 Å². The lowest BCUT2D eigenvalue weighted by Crippen LogP contribution is -2.33. The van der Waals surface area contributed by atoms with Crippen LogP contribution in [0.3, 0.4) is 0 Å². The predicted octanol–water partition coefficient (Wildman–Crippen LogP) is 3.03. The van der Waals surface area contributed by atoms with Crippen molar-refractivity contribution in [3.63, 3.8) is 0 Å². The zero-order valence-electron chi connectivity index (χ0n) is 14.2. The van der Waals surface area contributed by atoms with Crippen LogP contribution in [0.4, 0.5) is 5.69 Å². The number of methoxy groups -OCH3 is 2. The topological polar surface area (TPSA) is 93.1 Å². The molecule has 0 heterocycles. The molecule has 0 amide bonds. The molecule has 2 aromatic carbocycles. The van der Waals surface area contributed by atoms with Crippen LogP contribution in [0.5, 0.6) is 11.5 Å². The third kappa shape index (κ3) is 4.39. The number of ether oxygens (including phenoxy) is 2. The summed E-state index contributed by atoms with van der Waals surface area (Å²) in [5.41, 5.74) is 0.183. The van der Waals surface area contributed by atoms with Crippen molar-refractivity contribution >= 4 is 33.3 Å². The minimum Gasteiger partial charge on any atom is -0.497 e. The number of carboxylic acids is 1. The summed E-state index contributed by atoms with van der Waals surface area (Å²) in [4.78, 5) is 11.0. The van der Waals surface area contributed by atoms with E-state index in [1.165, 1.54) is 44.6 Å². The summed E-state index contributed by atoms with van der Waals surface area (Å²) >= 11 is 5.83. The van der Waals surface area contributed by atoms with Gasteiger partial charge in [-0.2, -0.15) is 0 Å². The monoisotopic (exact) mass is 399 g/mol. The fraction of sp³-hybridized carbons (Fsp3) is 0.235. The van der Waals surface area contributed by atoms with Gasteiger partial charge in [-0.3, -0.25) is 9.10 Å². The number of hydrogen-bond acceptors (Lipinski definition) is 5. The van der Waals surface area contributed by atoms with Gasteiger partial charge in [-0.1, -0.05) is 11.6 Å². The summed E-state index contributed by atoms with van der Waals surface area (Å²) in [5.74, 6) is -0.440. The van der Waals surface area contributed by atoms with Gasteiger partial charge in [0.05, 0.1) is 31.2 Å². The molecule has 140 valence electrons. The maximum Gasteiger partial charge on any atom is 0.305 e. The van der Waals surface area contributed by atoms with Gasteiger partial charge >= 0.3 is 5.97 Å². The lowest BCUT2D eigenvalue weighted by atomic mass is 10.2. The van der Waals surface area contributed by atoms with Gasteiger partial charge in [-0.15, -0.1) is 0 Å². The van der Waals surface area contributed by atoms with E-state index in [0.717, 1.165) is 4.31 Å². The SMILES string of the molecule is COc1ccc(OC)c(N(CCC(=O)O)S(=O)(=O)c2ccc(Cl)cc2)c1. The van der Waals surface area contributed by atoms with E-state index in [-0.39, 0.29) is 29.3 Å². The number of sulfonamides is 1. The number of aliphatic carboxylic acids is 1. The maximum absolute atomic E-state index is 13.1. The van der Waals surface area contributed by atoms with Gasteiger partial charge in [-0.25, -0.2) is 8.42 Å². The molecule has 0 unspecified atom stereocenters. The maximum atomic E-state index is 13.1. The molecule has 2 rings (SSSR count). The first-order valence-corrected chi connectivity index (χ1v) is 9.33. The molecule has 1 N–H and O–H groups in total. The van der Waals surface area contributed by atoms with E-state index in [9.17, 15) is 13.2 Å². The summed E-state index contributed by atoms with van der Waals surface area (Å²) in [7, 11) is -1.20. The van der Waals surface area contributed by atoms with Gasteiger partial charge in [-0.05, 0) is 36.4 Å². The fourth-order valence-electron chi connectivity index (χ4n) is 2.29. The van der Waals surface area contributed by atoms with Gasteiger partial charge in [0.15, 0.2) is 0 Å². The number of rotatable bonds is 8. The fourth-order valence-corrected chi connectivity index (χ4v) is 3.89. The van der Waals surface area contributed by atoms with Crippen LogP contribution in [-0.2, 0) is 14.8 Å². The highest BCUT2D eigenvalue weighted by Gasteiger charge is 2.28. The Bertz CT molecular complexity index is 883. The summed E-state index contributed by atoms with van der Waals surface area (Å²) in [6.07, 6.45) is -0.382. The van der Waals surface area contributed by atoms with Crippen molar-refractivity contribution in [2.24, 2.45) is 0 Å². The lowest BCUT2D eigenvalue weighted by molar-refractivity contribution is -0.136. The molecule has 2 aromatic rings. The third-order valence-corrected chi connectivity index (χ3v) is 5.66. The van der Waals surface area contributed by atoms with Crippen molar-refractivity contribution in [3.8, 4) is 11.5 Å². The standard InChI is InChI=1S/C17H18ClNO6S/c1-24-13-5-8-16(25-2)15(11-13)19(10-9-17(20)21)26(22,23)14-6-3-12(18)4-7-14/h3-8,11H,9-10H2,1-2H3,(H,20,21). The number of halogens is 1. The molecule has 0 atom stereocenters. The van der Waals surface area contributed by atoms with Crippen LogP contribution in [0.15, 0.2) is 47.4 Å². The molecule has 7 nitrogen and oxygen atoms in total. The first-order valence-electron chi connectivity index (χ1n) is 7.51. The van der Waals surface area contributed by atoms with Gasteiger partial charge < -0.3 is 14.6 Å². The summed E-state index contributed by atoms with van der Waals surface area (Å²) in [6, 6.07) is 10.3. The molecule has 26 heavy (non-hydrogen) atoms. The second-order valence-electron chi connectivity index (χ2n) is 5.21. The number of carboxylic acid groups (broad SMARTS) is 1. The highest BCUT2D eigenvalue weighted by molar-refractivity contribution is 7.92. The molecular formula is C17H18ClNO6S. The Labute approximate surface area is 156 Å². The lowest BCUT2D eigenvalue weighted by Gasteiger charge is -2.26. The van der Waals surface area contributed by atoms with Crippen molar-refractivity contribution in [1.82, 2.24) is 0 Å². The highest BCUT2D eigenvalue weighted by Crippen LogP contribution is 2.36. The molecular weight excluding hydrogens is 382 g/mol. The first-order chi connectivity index (χ1) is 12.3. The zero-order valence-corrected chi connectivity index (χ0v) is 15.7. The van der Waals surface area contributed by atoms with Crippen molar-refractivity contribution in [1.29, 1.82) is 0 Å². The molecule has 0 aliphatic rings. The van der Waals surface area contributed by atoms with Gasteiger partial charge in [0.2, 0.25) is 0 Å². The van der Waals surface area contributed by atoms with Crippen LogP contribution in [0.25, 0.3) is 0 Å². The predicted molar refractivity (Wildman–Crippen MR) is 97.8 cm³/mol. The van der Waals surface area contributed by atoms with Crippen molar-refractivity contribution in [3.05, 3.63) is 47.5 Å². The molecule has 9 heteroatoms. The summed E-state index contributed by atoms with van der Waals surface area (Å²) in [6.45, 7) is -0.274. The third-order valence-electron chi connectivity index (χ3n) is 3.59. The quantitative estimate of drug-likeness (QED) is 0.733. The number of benzene rings is 2. The minimum atomic E-state index is -4.05. The largest absolute Gasteiger partial charge is 0.497 e. The summed E-state index contributed by atoms with van der Waals surface area (Å²) < 4.78 is 37.6. The smallest absolute Gasteiger partial charge is 0.305 e. The Balaban J connectivity index is 2.59. The molecule has 0 fully saturated rings. The van der Waals surface area contributed by atoms with Gasteiger partial charge in [0.25, 0.3) is 10.0 Å². The average Bonchev–Trinajstić information content (AvgIpc) is 2.61. The molecule has 0 aliphatic heterocycles. The molecule has 0 aliphatic carbocycles. The molecule has 0 aromatic heterocycles. The molecule has 0 radical (unpaired) electrons. The van der Waals surface area contributed by atoms with Gasteiger partial charge in [0, 0.05) is 17.6 Å².